The molecule has 0 fully saturated rings. The molecule has 2 aromatic rings. The smallest absolute Gasteiger partial charge is 0.198 e. The van der Waals surface area contributed by atoms with Crippen molar-refractivity contribution in [2.45, 2.75) is 0 Å². The lowest BCUT2D eigenvalue weighted by atomic mass is 10.0. The van der Waals surface area contributed by atoms with Gasteiger partial charge in [0.1, 0.15) is 5.75 Å². The zero-order valence-electron chi connectivity index (χ0n) is 9.48. The Morgan fingerprint density at radius 2 is 1.83 bits per heavy atom. The van der Waals surface area contributed by atoms with Crippen LogP contribution in [0.5, 0.6) is 5.75 Å². The van der Waals surface area contributed by atoms with Crippen molar-refractivity contribution < 1.29 is 9.53 Å². The van der Waals surface area contributed by atoms with Crippen LogP contribution in [-0.4, -0.2) is 17.9 Å². The first-order chi connectivity index (χ1) is 8.65. The van der Waals surface area contributed by atoms with Crippen LogP contribution < -0.4 is 4.74 Å². The second-order valence-corrected chi connectivity index (χ2v) is 4.29. The van der Waals surface area contributed by atoms with Gasteiger partial charge in [0.05, 0.1) is 22.7 Å². The molecule has 18 heavy (non-hydrogen) atoms. The third-order valence-corrected chi connectivity index (χ3v) is 3.25. The number of methoxy groups -OCH3 is 1. The summed E-state index contributed by atoms with van der Waals surface area (Å²) in [6.07, 6.45) is 3.08. The van der Waals surface area contributed by atoms with E-state index in [0.717, 1.165) is 0 Å². The molecule has 0 aliphatic carbocycles. The number of rotatable bonds is 3. The van der Waals surface area contributed by atoms with Crippen molar-refractivity contribution in [2.75, 3.05) is 7.11 Å². The maximum absolute atomic E-state index is 12.3. The number of ether oxygens (including phenoxy) is 1. The average molecular weight is 282 g/mol. The molecule has 0 saturated carbocycles. The number of aromatic nitrogens is 1. The Morgan fingerprint density at radius 1 is 1.17 bits per heavy atom. The minimum atomic E-state index is -0.248. The van der Waals surface area contributed by atoms with Crippen LogP contribution in [0.15, 0.2) is 36.7 Å². The molecule has 3 nitrogen and oxygen atoms in total. The van der Waals surface area contributed by atoms with Gasteiger partial charge in [-0.25, -0.2) is 0 Å². The molecule has 2 rings (SSSR count). The summed E-state index contributed by atoms with van der Waals surface area (Å²) < 4.78 is 5.14. The topological polar surface area (TPSA) is 39.2 Å². The summed E-state index contributed by atoms with van der Waals surface area (Å²) in [6, 6.07) is 6.42. The first-order valence-electron chi connectivity index (χ1n) is 5.12. The molecular formula is C13H9Cl2NO2. The fourth-order valence-corrected chi connectivity index (χ4v) is 1.96. The molecule has 1 aromatic heterocycles. The van der Waals surface area contributed by atoms with E-state index >= 15 is 0 Å². The van der Waals surface area contributed by atoms with Crippen LogP contribution >= 0.6 is 23.2 Å². The number of nitrogens with zero attached hydrogens (tertiary/aromatic N) is 1. The molecule has 0 saturated heterocycles. The van der Waals surface area contributed by atoms with Crippen molar-refractivity contribution in [3.05, 3.63) is 57.8 Å². The summed E-state index contributed by atoms with van der Waals surface area (Å²) in [5.74, 6) is 0.146. The summed E-state index contributed by atoms with van der Waals surface area (Å²) >= 11 is 12.0. The van der Waals surface area contributed by atoms with E-state index in [0.29, 0.717) is 16.3 Å². The maximum atomic E-state index is 12.3. The van der Waals surface area contributed by atoms with Crippen molar-refractivity contribution in [3.8, 4) is 5.75 Å². The van der Waals surface area contributed by atoms with E-state index in [2.05, 4.69) is 4.98 Å². The molecular weight excluding hydrogens is 273 g/mol. The Bertz CT molecular complexity index is 585. The van der Waals surface area contributed by atoms with Crippen molar-refractivity contribution >= 4 is 29.0 Å². The molecule has 1 heterocycles. The highest BCUT2D eigenvalue weighted by Gasteiger charge is 2.20. The van der Waals surface area contributed by atoms with Crippen molar-refractivity contribution in [3.63, 3.8) is 0 Å². The van der Waals surface area contributed by atoms with E-state index in [-0.39, 0.29) is 16.4 Å². The Kier molecular flexibility index (Phi) is 3.84. The summed E-state index contributed by atoms with van der Waals surface area (Å²) in [7, 11) is 1.48. The zero-order chi connectivity index (χ0) is 13.1. The highest BCUT2D eigenvalue weighted by atomic mass is 35.5. The van der Waals surface area contributed by atoms with Gasteiger partial charge in [0, 0.05) is 18.0 Å². The normalized spacial score (nSPS) is 10.2. The molecule has 1 aromatic carbocycles. The van der Waals surface area contributed by atoms with E-state index in [1.54, 1.807) is 24.3 Å². The van der Waals surface area contributed by atoms with Crippen LogP contribution in [0.3, 0.4) is 0 Å². The Balaban J connectivity index is 2.57. The standard InChI is InChI=1S/C13H9Cl2NO2/c1-18-10-3-2-9(14)12(15)11(10)13(17)8-4-6-16-7-5-8/h2-7H,1H3. The van der Waals surface area contributed by atoms with Gasteiger partial charge in [-0.15, -0.1) is 0 Å². The summed E-state index contributed by atoms with van der Waals surface area (Å²) in [4.78, 5) is 16.2. The fourth-order valence-electron chi connectivity index (χ4n) is 1.56. The molecule has 0 atom stereocenters. The van der Waals surface area contributed by atoms with Gasteiger partial charge >= 0.3 is 0 Å². The highest BCUT2D eigenvalue weighted by molar-refractivity contribution is 6.44. The SMILES string of the molecule is COc1ccc(Cl)c(Cl)c1C(=O)c1ccncc1. The molecule has 0 unspecified atom stereocenters. The van der Waals surface area contributed by atoms with Crippen LogP contribution in [0, 0.1) is 0 Å². The second-order valence-electron chi connectivity index (χ2n) is 3.50. The predicted molar refractivity (Wildman–Crippen MR) is 70.7 cm³/mol. The number of ketones is 1. The van der Waals surface area contributed by atoms with Crippen LogP contribution in [0.1, 0.15) is 15.9 Å². The van der Waals surface area contributed by atoms with Crippen molar-refractivity contribution in [1.29, 1.82) is 0 Å². The zero-order valence-corrected chi connectivity index (χ0v) is 11.0. The fraction of sp³-hybridized carbons (Fsp3) is 0.0769. The van der Waals surface area contributed by atoms with Gasteiger partial charge in [-0.2, -0.15) is 0 Å². The van der Waals surface area contributed by atoms with Gasteiger partial charge in [-0.1, -0.05) is 23.2 Å². The number of carbonyl (C=O) groups excluding carboxylic acids is 1. The molecule has 5 heteroatoms. The van der Waals surface area contributed by atoms with Crippen LogP contribution in [-0.2, 0) is 0 Å². The van der Waals surface area contributed by atoms with Gasteiger partial charge in [0.15, 0.2) is 5.78 Å². The number of pyridine rings is 1. The van der Waals surface area contributed by atoms with E-state index in [9.17, 15) is 4.79 Å². The number of hydrogen-bond acceptors (Lipinski definition) is 3. The minimum Gasteiger partial charge on any atom is -0.496 e. The third kappa shape index (κ3) is 2.33. The quantitative estimate of drug-likeness (QED) is 0.807. The molecule has 0 radical (unpaired) electrons. The van der Waals surface area contributed by atoms with Gasteiger partial charge < -0.3 is 4.74 Å². The van der Waals surface area contributed by atoms with Gasteiger partial charge in [-0.05, 0) is 24.3 Å². The highest BCUT2D eigenvalue weighted by Crippen LogP contribution is 2.34. The number of benzene rings is 1. The Hall–Kier alpha value is -1.58. The molecule has 0 N–H and O–H groups in total. The van der Waals surface area contributed by atoms with E-state index in [4.69, 9.17) is 27.9 Å². The lowest BCUT2D eigenvalue weighted by Crippen LogP contribution is -2.05. The maximum Gasteiger partial charge on any atom is 0.198 e. The molecule has 0 aliphatic rings. The monoisotopic (exact) mass is 281 g/mol. The molecule has 0 aliphatic heterocycles. The van der Waals surface area contributed by atoms with Crippen molar-refractivity contribution in [2.24, 2.45) is 0 Å². The summed E-state index contributed by atoms with van der Waals surface area (Å²) in [5, 5.41) is 0.507. The van der Waals surface area contributed by atoms with E-state index in [1.807, 2.05) is 0 Å². The van der Waals surface area contributed by atoms with E-state index < -0.39 is 0 Å². The number of carbonyl (C=O) groups is 1. The van der Waals surface area contributed by atoms with Gasteiger partial charge in [0.25, 0.3) is 0 Å². The minimum absolute atomic E-state index is 0.192. The summed E-state index contributed by atoms with van der Waals surface area (Å²) in [6.45, 7) is 0. The predicted octanol–water partition coefficient (Wildman–Crippen LogP) is 3.63. The van der Waals surface area contributed by atoms with Gasteiger partial charge in [0.2, 0.25) is 0 Å². The van der Waals surface area contributed by atoms with Crippen LogP contribution in [0.25, 0.3) is 0 Å². The number of halogens is 2. The third-order valence-electron chi connectivity index (χ3n) is 2.45. The second kappa shape index (κ2) is 5.38. The molecule has 0 amide bonds. The lowest BCUT2D eigenvalue weighted by molar-refractivity contribution is 0.103. The Morgan fingerprint density at radius 3 is 2.44 bits per heavy atom. The van der Waals surface area contributed by atoms with Gasteiger partial charge in [-0.3, -0.25) is 9.78 Å². The molecule has 0 spiro atoms. The van der Waals surface area contributed by atoms with Crippen LogP contribution in [0.2, 0.25) is 10.0 Å². The van der Waals surface area contributed by atoms with E-state index in [1.165, 1.54) is 19.5 Å². The number of hydrogen-bond donors (Lipinski definition) is 0. The van der Waals surface area contributed by atoms with Crippen molar-refractivity contribution in [1.82, 2.24) is 4.98 Å². The molecule has 0 bridgehead atoms. The first kappa shape index (κ1) is 12.9. The summed E-state index contributed by atoms with van der Waals surface area (Å²) in [5.41, 5.74) is 0.741. The Labute approximate surface area is 114 Å². The first-order valence-corrected chi connectivity index (χ1v) is 5.87. The lowest BCUT2D eigenvalue weighted by Gasteiger charge is -2.10. The van der Waals surface area contributed by atoms with Crippen LogP contribution in [0.4, 0.5) is 0 Å². The molecule has 92 valence electrons. The average Bonchev–Trinajstić information content (AvgIpc) is 2.42. The largest absolute Gasteiger partial charge is 0.496 e.